The number of esters is 1. The number of amides is 3. The number of rotatable bonds is 10. The molecule has 0 bridgehead atoms. The number of nitrogens with one attached hydrogen (secondary N) is 3. The number of carbonyl (C=O) groups excluding carboxylic acids is 4. The molecule has 14 heteroatoms. The van der Waals surface area contributed by atoms with Crippen molar-refractivity contribution < 1.29 is 33.8 Å². The van der Waals surface area contributed by atoms with Gasteiger partial charge in [0.25, 0.3) is 5.91 Å². The van der Waals surface area contributed by atoms with Crippen molar-refractivity contribution >= 4 is 58.7 Å². The van der Waals surface area contributed by atoms with Crippen LogP contribution in [0.15, 0.2) is 71.7 Å². The highest BCUT2D eigenvalue weighted by atomic mass is 35.5. The molecular weight excluding hydrogens is 613 g/mol. The van der Waals surface area contributed by atoms with E-state index in [1.807, 2.05) is 6.07 Å². The zero-order valence-electron chi connectivity index (χ0n) is 23.5. The molecule has 1 aliphatic heterocycles. The number of benzene rings is 3. The molecular formula is C30H29Cl2N5O7. The lowest BCUT2D eigenvalue weighted by atomic mass is 10.0. The number of phenolic OH excluding ortho intramolecular Hbond substituents is 1. The van der Waals surface area contributed by atoms with Gasteiger partial charge < -0.3 is 30.5 Å². The maximum Gasteiger partial charge on any atom is 0.422 e. The lowest BCUT2D eigenvalue weighted by molar-refractivity contribution is -0.143. The van der Waals surface area contributed by atoms with Crippen LogP contribution in [0, 0.1) is 0 Å². The molecule has 44 heavy (non-hydrogen) atoms. The van der Waals surface area contributed by atoms with Crippen LogP contribution in [0.25, 0.3) is 0 Å². The van der Waals surface area contributed by atoms with Gasteiger partial charge in [0.1, 0.15) is 11.5 Å². The smallest absolute Gasteiger partial charge is 0.422 e. The summed E-state index contributed by atoms with van der Waals surface area (Å²) in [5.74, 6) is -1.52. The minimum Gasteiger partial charge on any atom is -0.506 e. The lowest BCUT2D eigenvalue weighted by Gasteiger charge is -2.20. The molecule has 0 aromatic heterocycles. The molecule has 0 fully saturated rings. The quantitative estimate of drug-likeness (QED) is 0.235. The average molecular weight is 642 g/mol. The Labute approximate surface area is 262 Å². The van der Waals surface area contributed by atoms with Crippen LogP contribution in [0.4, 0.5) is 10.5 Å². The van der Waals surface area contributed by atoms with E-state index in [1.165, 1.54) is 23.1 Å². The van der Waals surface area contributed by atoms with Gasteiger partial charge in [0.15, 0.2) is 0 Å². The largest absolute Gasteiger partial charge is 0.506 e. The predicted octanol–water partition coefficient (Wildman–Crippen LogP) is 4.52. The van der Waals surface area contributed by atoms with E-state index in [-0.39, 0.29) is 45.9 Å². The number of nitrogens with zero attached hydrogens (tertiary/aromatic N) is 2. The molecule has 1 aliphatic rings. The summed E-state index contributed by atoms with van der Waals surface area (Å²) in [4.78, 5) is 56.3. The summed E-state index contributed by atoms with van der Waals surface area (Å²) in [5, 5.41) is 18.7. The monoisotopic (exact) mass is 641 g/mol. The first kappa shape index (κ1) is 32.1. The van der Waals surface area contributed by atoms with E-state index >= 15 is 0 Å². The molecule has 3 aromatic rings. The minimum absolute atomic E-state index is 0.0582. The summed E-state index contributed by atoms with van der Waals surface area (Å²) in [6.45, 7) is 2.00. The number of phenols is 1. The Balaban J connectivity index is 1.37. The van der Waals surface area contributed by atoms with Crippen LogP contribution in [-0.4, -0.2) is 66.1 Å². The fourth-order valence-corrected chi connectivity index (χ4v) is 4.74. The van der Waals surface area contributed by atoms with E-state index in [2.05, 4.69) is 20.9 Å². The van der Waals surface area contributed by atoms with E-state index < -0.39 is 36.5 Å². The number of aromatic hydroxyl groups is 1. The third-order valence-electron chi connectivity index (χ3n) is 6.24. The second-order valence-corrected chi connectivity index (χ2v) is 10.2. The molecule has 0 spiro atoms. The molecule has 1 unspecified atom stereocenters. The van der Waals surface area contributed by atoms with Gasteiger partial charge >= 0.3 is 12.1 Å². The third kappa shape index (κ3) is 8.62. The Morgan fingerprint density at radius 2 is 1.82 bits per heavy atom. The van der Waals surface area contributed by atoms with Crippen molar-refractivity contribution in [3.63, 3.8) is 0 Å². The van der Waals surface area contributed by atoms with Crippen molar-refractivity contribution in [1.82, 2.24) is 15.5 Å². The first-order chi connectivity index (χ1) is 21.1. The number of hydrogen-bond donors (Lipinski definition) is 4. The van der Waals surface area contributed by atoms with Crippen molar-refractivity contribution in [1.29, 1.82) is 0 Å². The van der Waals surface area contributed by atoms with Gasteiger partial charge in [-0.1, -0.05) is 47.5 Å². The number of aliphatic imine (C=N–C) groups is 1. The van der Waals surface area contributed by atoms with Crippen molar-refractivity contribution in [2.45, 2.75) is 19.4 Å². The van der Waals surface area contributed by atoms with Gasteiger partial charge in [-0.25, -0.2) is 9.69 Å². The summed E-state index contributed by atoms with van der Waals surface area (Å²) >= 11 is 12.1. The highest BCUT2D eigenvalue weighted by Crippen LogP contribution is 2.36. The number of hydrogen-bond acceptors (Lipinski definition) is 9. The van der Waals surface area contributed by atoms with E-state index in [0.29, 0.717) is 24.5 Å². The molecule has 1 heterocycles. The maximum absolute atomic E-state index is 12.9. The molecule has 0 saturated heterocycles. The van der Waals surface area contributed by atoms with Gasteiger partial charge in [-0.2, -0.15) is 0 Å². The minimum atomic E-state index is -1.04. The Morgan fingerprint density at radius 1 is 1.05 bits per heavy atom. The normalized spacial score (nSPS) is 13.0. The fourth-order valence-electron chi connectivity index (χ4n) is 4.23. The van der Waals surface area contributed by atoms with Crippen LogP contribution in [0.2, 0.25) is 10.0 Å². The lowest BCUT2D eigenvalue weighted by Crippen LogP contribution is -2.40. The van der Waals surface area contributed by atoms with Crippen molar-refractivity contribution in [3.8, 4) is 11.5 Å². The Kier molecular flexibility index (Phi) is 11.0. The van der Waals surface area contributed by atoms with Crippen molar-refractivity contribution in [2.75, 3.05) is 31.6 Å². The summed E-state index contributed by atoms with van der Waals surface area (Å²) in [5.41, 5.74) is 0.816. The molecule has 230 valence electrons. The summed E-state index contributed by atoms with van der Waals surface area (Å²) in [6, 6.07) is 16.7. The first-order valence-corrected chi connectivity index (χ1v) is 14.3. The van der Waals surface area contributed by atoms with Gasteiger partial charge in [0, 0.05) is 21.8 Å². The van der Waals surface area contributed by atoms with E-state index in [4.69, 9.17) is 32.7 Å². The van der Waals surface area contributed by atoms with Gasteiger partial charge in [0.2, 0.25) is 11.9 Å². The standard InChI is InChI=1S/C30H29Cl2N5O7/c1-2-43-26(39)16-24(22-14-19(31)15-23(32)27(22)40)36-25(38)17-34-28(41)18-7-6-8-20(13-18)35-29-33-11-12-37(29)30(42)44-21-9-4-3-5-10-21/h3-10,13-15,24,40H,2,11-12,16-17H2,1H3,(H,33,35)(H,34,41)(H,36,38). The van der Waals surface area contributed by atoms with Gasteiger partial charge in [-0.05, 0) is 49.4 Å². The second-order valence-electron chi connectivity index (χ2n) is 9.38. The van der Waals surface area contributed by atoms with Gasteiger partial charge in [-0.15, -0.1) is 0 Å². The fraction of sp³-hybridized carbons (Fsp3) is 0.233. The molecule has 0 saturated carbocycles. The second kappa shape index (κ2) is 15.1. The van der Waals surface area contributed by atoms with Gasteiger partial charge in [-0.3, -0.25) is 19.4 Å². The van der Waals surface area contributed by atoms with Crippen LogP contribution in [0.1, 0.15) is 35.3 Å². The van der Waals surface area contributed by atoms with Crippen LogP contribution in [0.3, 0.4) is 0 Å². The predicted molar refractivity (Wildman–Crippen MR) is 164 cm³/mol. The highest BCUT2D eigenvalue weighted by molar-refractivity contribution is 6.35. The van der Waals surface area contributed by atoms with Gasteiger partial charge in [0.05, 0.1) is 43.7 Å². The summed E-state index contributed by atoms with van der Waals surface area (Å²) in [7, 11) is 0. The van der Waals surface area contributed by atoms with Crippen LogP contribution in [-0.2, 0) is 14.3 Å². The SMILES string of the molecule is CCOC(=O)CC(NC(=O)CNC(=O)c1cccc(NC2=NCCN2C(=O)Oc2ccccc2)c1)c1cc(Cl)cc(Cl)c1O. The number of guanidine groups is 1. The third-order valence-corrected chi connectivity index (χ3v) is 6.75. The number of para-hydroxylation sites is 1. The highest BCUT2D eigenvalue weighted by Gasteiger charge is 2.27. The number of ether oxygens (including phenoxy) is 2. The van der Waals surface area contributed by atoms with Crippen LogP contribution < -0.4 is 20.7 Å². The molecule has 0 radical (unpaired) electrons. The Hall–Kier alpha value is -4.81. The zero-order valence-corrected chi connectivity index (χ0v) is 25.0. The molecule has 0 aliphatic carbocycles. The Bertz CT molecular complexity index is 1570. The maximum atomic E-state index is 12.9. The van der Waals surface area contributed by atoms with E-state index in [1.54, 1.807) is 49.4 Å². The topological polar surface area (TPSA) is 159 Å². The molecule has 3 amide bonds. The number of carbonyl (C=O) groups is 4. The number of halogens is 2. The summed E-state index contributed by atoms with van der Waals surface area (Å²) in [6.07, 6.45) is -0.917. The van der Waals surface area contributed by atoms with Crippen LogP contribution >= 0.6 is 23.2 Å². The van der Waals surface area contributed by atoms with Crippen LogP contribution in [0.5, 0.6) is 11.5 Å². The molecule has 1 atom stereocenters. The van der Waals surface area contributed by atoms with E-state index in [0.717, 1.165) is 0 Å². The number of anilines is 1. The molecule has 4 N–H and O–H groups in total. The van der Waals surface area contributed by atoms with Crippen molar-refractivity contribution in [3.05, 3.63) is 87.9 Å². The summed E-state index contributed by atoms with van der Waals surface area (Å²) < 4.78 is 10.4. The molecule has 3 aromatic carbocycles. The van der Waals surface area contributed by atoms with E-state index in [9.17, 15) is 24.3 Å². The average Bonchev–Trinajstić information content (AvgIpc) is 3.46. The first-order valence-electron chi connectivity index (χ1n) is 13.5. The zero-order chi connectivity index (χ0) is 31.6. The Morgan fingerprint density at radius 3 is 2.57 bits per heavy atom. The molecule has 12 nitrogen and oxygen atoms in total. The van der Waals surface area contributed by atoms with Crippen molar-refractivity contribution in [2.24, 2.45) is 4.99 Å². The molecule has 4 rings (SSSR count).